The predicted octanol–water partition coefficient (Wildman–Crippen LogP) is 2.79. The maximum Gasteiger partial charge on any atom is 0.0332 e. The van der Waals surface area contributed by atoms with E-state index in [1.807, 2.05) is 11.9 Å². The van der Waals surface area contributed by atoms with E-state index in [-0.39, 0.29) is 0 Å². The van der Waals surface area contributed by atoms with E-state index in [1.54, 1.807) is 0 Å². The second-order valence-electron chi connectivity index (χ2n) is 2.70. The molecule has 1 rings (SSSR count). The Morgan fingerprint density at radius 3 is 2.50 bits per heavy atom. The molecule has 0 amide bonds. The molecule has 2 heteroatoms. The smallest absolute Gasteiger partial charge is 0.0332 e. The highest BCUT2D eigenvalue weighted by atomic mass is 32.2. The Kier molecular flexibility index (Phi) is 4.19. The van der Waals surface area contributed by atoms with Crippen molar-refractivity contribution in [2.75, 3.05) is 13.6 Å². The van der Waals surface area contributed by atoms with Gasteiger partial charge < -0.3 is 0 Å². The molecule has 1 nitrogen and oxygen atoms in total. The van der Waals surface area contributed by atoms with Crippen LogP contribution in [-0.2, 0) is 5.75 Å². The molecule has 0 aromatic heterocycles. The summed E-state index contributed by atoms with van der Waals surface area (Å²) < 4.78 is 2.24. The molecular weight excluding hydrogens is 166 g/mol. The lowest BCUT2D eigenvalue weighted by atomic mass is 10.2. The van der Waals surface area contributed by atoms with E-state index in [2.05, 4.69) is 48.6 Å². The van der Waals surface area contributed by atoms with Gasteiger partial charge in [-0.15, -0.1) is 0 Å². The molecule has 12 heavy (non-hydrogen) atoms. The van der Waals surface area contributed by atoms with Crippen LogP contribution in [0.4, 0.5) is 0 Å². The van der Waals surface area contributed by atoms with Crippen LogP contribution in [0.5, 0.6) is 0 Å². The van der Waals surface area contributed by atoms with Gasteiger partial charge in [0.05, 0.1) is 0 Å². The van der Waals surface area contributed by atoms with Crippen molar-refractivity contribution in [1.82, 2.24) is 4.31 Å². The highest BCUT2D eigenvalue weighted by Crippen LogP contribution is 2.13. The fraction of sp³-hybridized carbons (Fsp3) is 0.400. The Bertz CT molecular complexity index is 210. The standard InChI is InChI=1S/C10H15NS/c1-3-11(2)12-9-10-7-5-4-6-8-10/h4-8H,3,9H2,1-2H3. The highest BCUT2D eigenvalue weighted by molar-refractivity contribution is 7.96. The molecule has 0 saturated heterocycles. The number of nitrogens with zero attached hydrogens (tertiary/aromatic N) is 1. The lowest BCUT2D eigenvalue weighted by Gasteiger charge is -2.11. The summed E-state index contributed by atoms with van der Waals surface area (Å²) in [5.74, 6) is 1.07. The van der Waals surface area contributed by atoms with Crippen molar-refractivity contribution in [3.63, 3.8) is 0 Å². The number of hydrogen-bond donors (Lipinski definition) is 0. The zero-order valence-electron chi connectivity index (χ0n) is 7.66. The molecule has 1 aromatic carbocycles. The fourth-order valence-electron chi connectivity index (χ4n) is 0.850. The van der Waals surface area contributed by atoms with Crippen molar-refractivity contribution < 1.29 is 0 Å². The quantitative estimate of drug-likeness (QED) is 0.657. The minimum atomic E-state index is 1.07. The molecule has 0 bridgehead atoms. The molecule has 0 heterocycles. The van der Waals surface area contributed by atoms with Crippen LogP contribution in [0.2, 0.25) is 0 Å². The summed E-state index contributed by atoms with van der Waals surface area (Å²) >= 11 is 1.86. The second kappa shape index (κ2) is 5.22. The van der Waals surface area contributed by atoms with E-state index in [0.29, 0.717) is 0 Å². The van der Waals surface area contributed by atoms with E-state index in [9.17, 15) is 0 Å². The van der Waals surface area contributed by atoms with Gasteiger partial charge in [0.2, 0.25) is 0 Å². The van der Waals surface area contributed by atoms with E-state index in [1.165, 1.54) is 5.56 Å². The Morgan fingerprint density at radius 2 is 1.92 bits per heavy atom. The minimum Gasteiger partial charge on any atom is -0.254 e. The van der Waals surface area contributed by atoms with E-state index >= 15 is 0 Å². The average Bonchev–Trinajstić information content (AvgIpc) is 2.16. The Labute approximate surface area is 78.9 Å². The van der Waals surface area contributed by atoms with Crippen LogP contribution in [-0.4, -0.2) is 17.9 Å². The number of benzene rings is 1. The summed E-state index contributed by atoms with van der Waals surface area (Å²) in [6, 6.07) is 10.5. The van der Waals surface area contributed by atoms with Crippen molar-refractivity contribution in [2.45, 2.75) is 12.7 Å². The molecule has 0 saturated carbocycles. The average molecular weight is 181 g/mol. The van der Waals surface area contributed by atoms with Crippen LogP contribution in [0, 0.1) is 0 Å². The lowest BCUT2D eigenvalue weighted by molar-refractivity contribution is 0.602. The van der Waals surface area contributed by atoms with Crippen LogP contribution in [0.3, 0.4) is 0 Å². The molecule has 0 spiro atoms. The van der Waals surface area contributed by atoms with Gasteiger partial charge in [-0.25, -0.2) is 0 Å². The molecule has 0 aliphatic carbocycles. The summed E-state index contributed by atoms with van der Waals surface area (Å²) in [7, 11) is 2.12. The van der Waals surface area contributed by atoms with Gasteiger partial charge in [-0.3, -0.25) is 4.31 Å². The summed E-state index contributed by atoms with van der Waals surface area (Å²) in [4.78, 5) is 0. The Morgan fingerprint density at radius 1 is 1.25 bits per heavy atom. The zero-order chi connectivity index (χ0) is 8.81. The summed E-state index contributed by atoms with van der Waals surface area (Å²) in [6.07, 6.45) is 0. The third-order valence-electron chi connectivity index (χ3n) is 1.74. The van der Waals surface area contributed by atoms with Crippen molar-refractivity contribution in [2.24, 2.45) is 0 Å². The molecule has 66 valence electrons. The third-order valence-corrected chi connectivity index (χ3v) is 2.90. The maximum atomic E-state index is 2.24. The van der Waals surface area contributed by atoms with Gasteiger partial charge in [0, 0.05) is 12.3 Å². The molecule has 1 aromatic rings. The van der Waals surface area contributed by atoms with Crippen molar-refractivity contribution >= 4 is 11.9 Å². The lowest BCUT2D eigenvalue weighted by Crippen LogP contribution is -2.07. The summed E-state index contributed by atoms with van der Waals surface area (Å²) in [5, 5.41) is 0. The van der Waals surface area contributed by atoms with Gasteiger partial charge in [0.1, 0.15) is 0 Å². The first-order chi connectivity index (χ1) is 5.83. The highest BCUT2D eigenvalue weighted by Gasteiger charge is 1.95. The molecule has 0 aliphatic heterocycles. The Hall–Kier alpha value is -0.470. The fourth-order valence-corrected chi connectivity index (χ4v) is 1.59. The summed E-state index contributed by atoms with van der Waals surface area (Å²) in [5.41, 5.74) is 1.39. The van der Waals surface area contributed by atoms with Crippen molar-refractivity contribution in [3.05, 3.63) is 35.9 Å². The molecule has 0 N–H and O–H groups in total. The monoisotopic (exact) mass is 181 g/mol. The normalized spacial score (nSPS) is 10.6. The molecule has 0 radical (unpaired) electrons. The summed E-state index contributed by atoms with van der Waals surface area (Å²) in [6.45, 7) is 3.26. The molecule has 0 atom stereocenters. The first kappa shape index (κ1) is 9.62. The van der Waals surface area contributed by atoms with Crippen molar-refractivity contribution in [3.8, 4) is 0 Å². The second-order valence-corrected chi connectivity index (χ2v) is 3.87. The van der Waals surface area contributed by atoms with Gasteiger partial charge in [-0.05, 0) is 12.6 Å². The largest absolute Gasteiger partial charge is 0.254 e. The van der Waals surface area contributed by atoms with Crippen LogP contribution >= 0.6 is 11.9 Å². The van der Waals surface area contributed by atoms with Crippen LogP contribution in [0.25, 0.3) is 0 Å². The molecular formula is C10H15NS. The zero-order valence-corrected chi connectivity index (χ0v) is 8.47. The van der Waals surface area contributed by atoms with Crippen molar-refractivity contribution in [1.29, 1.82) is 0 Å². The molecule has 0 unspecified atom stereocenters. The topological polar surface area (TPSA) is 3.24 Å². The van der Waals surface area contributed by atoms with Crippen LogP contribution in [0.1, 0.15) is 12.5 Å². The van der Waals surface area contributed by atoms with Gasteiger partial charge in [0.15, 0.2) is 0 Å². The van der Waals surface area contributed by atoms with Gasteiger partial charge in [0.25, 0.3) is 0 Å². The van der Waals surface area contributed by atoms with E-state index in [0.717, 1.165) is 12.3 Å². The van der Waals surface area contributed by atoms with Crippen LogP contribution in [0.15, 0.2) is 30.3 Å². The van der Waals surface area contributed by atoms with Gasteiger partial charge in [-0.2, -0.15) is 0 Å². The first-order valence-corrected chi connectivity index (χ1v) is 5.15. The van der Waals surface area contributed by atoms with E-state index < -0.39 is 0 Å². The van der Waals surface area contributed by atoms with Crippen LogP contribution < -0.4 is 0 Å². The minimum absolute atomic E-state index is 1.07. The number of hydrogen-bond acceptors (Lipinski definition) is 2. The van der Waals surface area contributed by atoms with Gasteiger partial charge in [-0.1, -0.05) is 49.2 Å². The molecule has 0 fully saturated rings. The molecule has 0 aliphatic rings. The Balaban J connectivity index is 2.33. The predicted molar refractivity (Wildman–Crippen MR) is 56.0 cm³/mol. The first-order valence-electron chi connectivity index (χ1n) is 4.21. The third kappa shape index (κ3) is 3.28. The van der Waals surface area contributed by atoms with E-state index in [4.69, 9.17) is 0 Å². The SMILES string of the molecule is CCN(C)SCc1ccccc1. The van der Waals surface area contributed by atoms with Gasteiger partial charge >= 0.3 is 0 Å². The number of rotatable bonds is 4. The maximum absolute atomic E-state index is 2.24.